The van der Waals surface area contributed by atoms with Gasteiger partial charge in [0.15, 0.2) is 0 Å². The molecule has 0 spiro atoms. The van der Waals surface area contributed by atoms with E-state index < -0.39 is 29.0 Å². The number of imide groups is 1. The van der Waals surface area contributed by atoms with E-state index in [2.05, 4.69) is 5.32 Å². The third-order valence-corrected chi connectivity index (χ3v) is 10.8. The summed E-state index contributed by atoms with van der Waals surface area (Å²) >= 11 is 2.16. The molecule has 5 aromatic rings. The average molecular weight is 650 g/mol. The molecule has 7 rings (SSSR count). The summed E-state index contributed by atoms with van der Waals surface area (Å²) in [7, 11) is 0. The maximum absolute atomic E-state index is 14.1. The first-order valence-electron chi connectivity index (χ1n) is 14.7. The number of carbonyl (C=O) groups excluding carboxylic acids is 4. The van der Waals surface area contributed by atoms with Crippen molar-refractivity contribution < 1.29 is 23.9 Å². The molecule has 4 aromatic carbocycles. The summed E-state index contributed by atoms with van der Waals surface area (Å²) < 4.78 is 6.47. The number of carbonyl (C=O) groups is 4. The van der Waals surface area contributed by atoms with Gasteiger partial charge in [-0.05, 0) is 48.2 Å². The molecule has 11 heteroatoms. The normalized spacial score (nSPS) is 18.7. The summed E-state index contributed by atoms with van der Waals surface area (Å²) in [6.07, 6.45) is 0. The van der Waals surface area contributed by atoms with E-state index in [0.717, 1.165) is 39.4 Å². The van der Waals surface area contributed by atoms with E-state index in [9.17, 15) is 24.0 Å². The smallest absolute Gasteiger partial charge is 0.338 e. The van der Waals surface area contributed by atoms with Gasteiger partial charge in [-0.2, -0.15) is 0 Å². The Labute approximate surface area is 271 Å². The van der Waals surface area contributed by atoms with Crippen LogP contribution in [0.15, 0.2) is 107 Å². The molecule has 1 fully saturated rings. The molecule has 0 bridgehead atoms. The lowest BCUT2D eigenvalue weighted by atomic mass is 9.83. The summed E-state index contributed by atoms with van der Waals surface area (Å²) in [5.41, 5.74) is 2.09. The molecule has 2 aliphatic rings. The number of aromatic nitrogens is 1. The van der Waals surface area contributed by atoms with Gasteiger partial charge < -0.3 is 10.1 Å². The van der Waals surface area contributed by atoms with E-state index in [4.69, 9.17) is 4.74 Å². The van der Waals surface area contributed by atoms with E-state index in [1.165, 1.54) is 21.6 Å². The van der Waals surface area contributed by atoms with Crippen LogP contribution in [0.25, 0.3) is 10.8 Å². The number of anilines is 2. The molecule has 3 heterocycles. The number of benzene rings is 4. The first-order chi connectivity index (χ1) is 22.4. The number of amides is 3. The number of fused-ring (bicyclic) bond motifs is 3. The zero-order valence-electron chi connectivity index (χ0n) is 24.5. The molecule has 1 aromatic heterocycles. The van der Waals surface area contributed by atoms with Gasteiger partial charge in [-0.3, -0.25) is 23.7 Å². The van der Waals surface area contributed by atoms with Crippen LogP contribution in [-0.2, 0) is 25.7 Å². The Morgan fingerprint density at radius 1 is 0.848 bits per heavy atom. The minimum absolute atomic E-state index is 0.227. The van der Waals surface area contributed by atoms with E-state index in [1.807, 2.05) is 72.8 Å². The highest BCUT2D eigenvalue weighted by Gasteiger charge is 2.56. The number of hydrogen-bond acceptors (Lipinski definition) is 8. The largest absolute Gasteiger partial charge is 0.462 e. The number of rotatable bonds is 7. The summed E-state index contributed by atoms with van der Waals surface area (Å²) in [6.45, 7) is 1.69. The second kappa shape index (κ2) is 12.1. The average Bonchev–Trinajstić information content (AvgIpc) is 3.51. The zero-order chi connectivity index (χ0) is 31.9. The molecule has 3 atom stereocenters. The van der Waals surface area contributed by atoms with Crippen LogP contribution in [-0.4, -0.2) is 40.1 Å². The number of thioether (sulfide) groups is 1. The number of esters is 1. The van der Waals surface area contributed by atoms with Crippen molar-refractivity contribution in [3.8, 4) is 0 Å². The Morgan fingerprint density at radius 2 is 1.57 bits per heavy atom. The first kappa shape index (κ1) is 29.7. The van der Waals surface area contributed by atoms with Gasteiger partial charge in [0.25, 0.3) is 0 Å². The molecule has 3 unspecified atom stereocenters. The standard InChI is InChI=1S/C35H27N3O6S2/c1-2-44-34(42)22-15-17-23(18-16-22)38-31(40)28-27(21-10-4-3-5-11-21)30-33(45-29(28)32(38)41)37(35(43)46-30)19-26(39)36-25-14-8-12-20-9-6-7-13-24(20)25/h3-18,27-29H,2,19H2,1H3,(H,36,39). The maximum Gasteiger partial charge on any atom is 0.338 e. The summed E-state index contributed by atoms with van der Waals surface area (Å²) in [5, 5.41) is 4.49. The van der Waals surface area contributed by atoms with Crippen molar-refractivity contribution in [2.75, 3.05) is 16.8 Å². The van der Waals surface area contributed by atoms with Crippen molar-refractivity contribution in [3.63, 3.8) is 0 Å². The van der Waals surface area contributed by atoms with Gasteiger partial charge >= 0.3 is 10.8 Å². The minimum atomic E-state index is -0.823. The Morgan fingerprint density at radius 3 is 2.33 bits per heavy atom. The molecule has 9 nitrogen and oxygen atoms in total. The lowest BCUT2D eigenvalue weighted by Gasteiger charge is -2.30. The fourth-order valence-electron chi connectivity index (χ4n) is 6.16. The number of nitrogens with zero attached hydrogens (tertiary/aromatic N) is 2. The lowest BCUT2D eigenvalue weighted by Crippen LogP contribution is -2.33. The quantitative estimate of drug-likeness (QED) is 0.178. The van der Waals surface area contributed by atoms with E-state index in [-0.39, 0.29) is 29.8 Å². The molecule has 1 saturated heterocycles. The molecule has 2 aliphatic heterocycles. The number of thiazole rings is 1. The zero-order valence-corrected chi connectivity index (χ0v) is 26.2. The van der Waals surface area contributed by atoms with E-state index in [1.54, 1.807) is 19.1 Å². The number of nitrogens with one attached hydrogen (secondary N) is 1. The van der Waals surface area contributed by atoms with Gasteiger partial charge in [0.05, 0.1) is 28.8 Å². The highest BCUT2D eigenvalue weighted by Crippen LogP contribution is 2.53. The SMILES string of the molecule is CCOC(=O)c1ccc(N2C(=O)C3Sc4c(sc(=O)n4CC(=O)Nc4cccc5ccccc45)C(c4ccccc4)C3C2=O)cc1. The Hall–Kier alpha value is -5.00. The Bertz CT molecular complexity index is 2070. The fraction of sp³-hybridized carbons (Fsp3) is 0.171. The summed E-state index contributed by atoms with van der Waals surface area (Å²) in [4.78, 5) is 68.6. The van der Waals surface area contributed by atoms with Gasteiger partial charge in [0, 0.05) is 21.9 Å². The predicted octanol–water partition coefficient (Wildman–Crippen LogP) is 5.67. The van der Waals surface area contributed by atoms with Crippen LogP contribution in [0.3, 0.4) is 0 Å². The van der Waals surface area contributed by atoms with Crippen LogP contribution in [0.2, 0.25) is 0 Å². The fourth-order valence-corrected chi connectivity index (χ4v) is 8.93. The molecule has 0 aliphatic carbocycles. The van der Waals surface area contributed by atoms with Crippen molar-refractivity contribution in [3.05, 3.63) is 123 Å². The van der Waals surface area contributed by atoms with Crippen molar-refractivity contribution in [2.24, 2.45) is 5.92 Å². The highest BCUT2D eigenvalue weighted by molar-refractivity contribution is 8.00. The second-order valence-electron chi connectivity index (χ2n) is 10.9. The second-order valence-corrected chi connectivity index (χ2v) is 13.1. The first-order valence-corrected chi connectivity index (χ1v) is 16.4. The van der Waals surface area contributed by atoms with Crippen LogP contribution in [0.1, 0.15) is 33.6 Å². The van der Waals surface area contributed by atoms with Gasteiger partial charge in [-0.1, -0.05) is 89.8 Å². The van der Waals surface area contributed by atoms with Crippen molar-refractivity contribution in [1.82, 2.24) is 4.57 Å². The van der Waals surface area contributed by atoms with Crippen LogP contribution in [0.4, 0.5) is 11.4 Å². The molecule has 0 saturated carbocycles. The topological polar surface area (TPSA) is 115 Å². The molecular formula is C35H27N3O6S2. The monoisotopic (exact) mass is 649 g/mol. The third kappa shape index (κ3) is 5.11. The molecule has 230 valence electrons. The lowest BCUT2D eigenvalue weighted by molar-refractivity contribution is -0.122. The van der Waals surface area contributed by atoms with Gasteiger partial charge in [-0.15, -0.1) is 0 Å². The summed E-state index contributed by atoms with van der Waals surface area (Å²) in [5.74, 6) is -3.01. The van der Waals surface area contributed by atoms with Crippen LogP contribution < -0.4 is 15.1 Å². The van der Waals surface area contributed by atoms with E-state index in [0.29, 0.717) is 26.8 Å². The molecule has 3 amide bonds. The van der Waals surface area contributed by atoms with Gasteiger partial charge in [-0.25, -0.2) is 9.69 Å². The number of hydrogen-bond donors (Lipinski definition) is 1. The highest BCUT2D eigenvalue weighted by atomic mass is 32.2. The van der Waals surface area contributed by atoms with Crippen LogP contribution >= 0.6 is 23.1 Å². The summed E-state index contributed by atoms with van der Waals surface area (Å²) in [6, 6.07) is 28.9. The van der Waals surface area contributed by atoms with Crippen molar-refractivity contribution >= 4 is 68.9 Å². The predicted molar refractivity (Wildman–Crippen MR) is 177 cm³/mol. The van der Waals surface area contributed by atoms with Crippen molar-refractivity contribution in [1.29, 1.82) is 0 Å². The molecule has 1 N–H and O–H groups in total. The van der Waals surface area contributed by atoms with Crippen LogP contribution in [0, 0.1) is 5.92 Å². The number of ether oxygens (including phenoxy) is 1. The van der Waals surface area contributed by atoms with E-state index >= 15 is 0 Å². The van der Waals surface area contributed by atoms with Gasteiger partial charge in [0.2, 0.25) is 17.7 Å². The van der Waals surface area contributed by atoms with Gasteiger partial charge in [0.1, 0.15) is 11.8 Å². The minimum Gasteiger partial charge on any atom is -0.462 e. The van der Waals surface area contributed by atoms with Crippen LogP contribution in [0.5, 0.6) is 0 Å². The third-order valence-electron chi connectivity index (χ3n) is 8.21. The maximum atomic E-state index is 14.1. The Kier molecular flexibility index (Phi) is 7.79. The molecular weight excluding hydrogens is 623 g/mol. The van der Waals surface area contributed by atoms with Crippen molar-refractivity contribution in [2.45, 2.75) is 29.7 Å². The molecule has 46 heavy (non-hydrogen) atoms. The Balaban J connectivity index is 1.23. The molecule has 0 radical (unpaired) electrons.